The fourth-order valence-corrected chi connectivity index (χ4v) is 3.46. The number of benzene rings is 3. The van der Waals surface area contributed by atoms with Gasteiger partial charge in [-0.1, -0.05) is 42.5 Å². The molecular formula is C24H24N4O. The van der Waals surface area contributed by atoms with E-state index in [1.165, 1.54) is 10.9 Å². The molecule has 5 heteroatoms. The molecule has 0 aliphatic rings. The summed E-state index contributed by atoms with van der Waals surface area (Å²) in [4.78, 5) is 16.8. The van der Waals surface area contributed by atoms with E-state index in [1.807, 2.05) is 59.6 Å². The lowest BCUT2D eigenvalue weighted by Gasteiger charge is -2.24. The maximum Gasteiger partial charge on any atom is 0.236 e. The predicted molar refractivity (Wildman–Crippen MR) is 119 cm³/mol. The number of aromatic nitrogens is 1. The van der Waals surface area contributed by atoms with E-state index < -0.39 is 0 Å². The fraction of sp³-hybridized carbons (Fsp3) is 0.125. The molecule has 4 N–H and O–H groups in total. The minimum absolute atomic E-state index is 0.169. The normalized spacial score (nSPS) is 10.8. The molecule has 4 rings (SSSR count). The van der Waals surface area contributed by atoms with Crippen LogP contribution in [0.4, 0.5) is 11.4 Å². The van der Waals surface area contributed by atoms with Crippen molar-refractivity contribution in [3.8, 4) is 0 Å². The zero-order valence-corrected chi connectivity index (χ0v) is 16.1. The largest absolute Gasteiger partial charge is 0.381 e. The minimum atomic E-state index is -0.348. The summed E-state index contributed by atoms with van der Waals surface area (Å²) < 4.78 is 0. The Bertz CT molecular complexity index is 1100. The number of aromatic amines is 1. The molecule has 1 heterocycles. The maximum atomic E-state index is 11.6. The number of hydrogen-bond acceptors (Lipinski definition) is 3. The second kappa shape index (κ2) is 8.52. The highest BCUT2D eigenvalue weighted by atomic mass is 16.1. The lowest BCUT2D eigenvalue weighted by molar-refractivity contribution is -0.116. The maximum absolute atomic E-state index is 11.6. The molecule has 29 heavy (non-hydrogen) atoms. The molecular weight excluding hydrogens is 360 g/mol. The third-order valence-electron chi connectivity index (χ3n) is 4.89. The molecule has 1 amide bonds. The topological polar surface area (TPSA) is 74.2 Å². The smallest absolute Gasteiger partial charge is 0.236 e. The van der Waals surface area contributed by atoms with E-state index in [0.717, 1.165) is 29.0 Å². The van der Waals surface area contributed by atoms with E-state index in [2.05, 4.69) is 40.6 Å². The van der Waals surface area contributed by atoms with Crippen LogP contribution in [0.5, 0.6) is 0 Å². The number of hydrogen-bond donors (Lipinski definition) is 3. The third kappa shape index (κ3) is 4.76. The number of nitrogens with one attached hydrogen (secondary N) is 2. The van der Waals surface area contributed by atoms with Gasteiger partial charge in [0.1, 0.15) is 0 Å². The monoisotopic (exact) mass is 384 g/mol. The summed E-state index contributed by atoms with van der Waals surface area (Å²) in [6, 6.07) is 26.6. The summed E-state index contributed by atoms with van der Waals surface area (Å²) in [5.74, 6) is -0.348. The number of H-pyrrole nitrogens is 1. The average molecular weight is 384 g/mol. The van der Waals surface area contributed by atoms with Gasteiger partial charge in [0, 0.05) is 36.2 Å². The van der Waals surface area contributed by atoms with Crippen LogP contribution in [0.15, 0.2) is 85.1 Å². The van der Waals surface area contributed by atoms with Crippen LogP contribution in [0.25, 0.3) is 10.9 Å². The molecule has 0 saturated heterocycles. The minimum Gasteiger partial charge on any atom is -0.381 e. The summed E-state index contributed by atoms with van der Waals surface area (Å²) in [7, 11) is 0. The van der Waals surface area contributed by atoms with Crippen molar-refractivity contribution in [3.63, 3.8) is 0 Å². The zero-order valence-electron chi connectivity index (χ0n) is 16.1. The van der Waals surface area contributed by atoms with Crippen LogP contribution in [0.3, 0.4) is 0 Å². The van der Waals surface area contributed by atoms with Crippen LogP contribution in [0.2, 0.25) is 0 Å². The summed E-state index contributed by atoms with van der Waals surface area (Å²) in [6.45, 7) is 1.51. The van der Waals surface area contributed by atoms with Gasteiger partial charge in [-0.05, 0) is 52.9 Å². The second-order valence-corrected chi connectivity index (χ2v) is 7.11. The fourth-order valence-electron chi connectivity index (χ4n) is 3.46. The number of carbonyl (C=O) groups is 1. The van der Waals surface area contributed by atoms with Gasteiger partial charge >= 0.3 is 0 Å². The molecule has 0 aliphatic heterocycles. The summed E-state index contributed by atoms with van der Waals surface area (Å²) in [5.41, 5.74) is 10.9. The molecule has 146 valence electrons. The molecule has 5 nitrogen and oxygen atoms in total. The zero-order chi connectivity index (χ0) is 20.1. The molecule has 0 saturated carbocycles. The SMILES string of the molecule is NC(=O)CN(Cc1ccccc1)c1cccc(NCc2ccc3[nH]ccc3c2)c1. The van der Waals surface area contributed by atoms with Crippen molar-refractivity contribution in [2.75, 3.05) is 16.8 Å². The highest BCUT2D eigenvalue weighted by Crippen LogP contribution is 2.22. The first-order chi connectivity index (χ1) is 14.2. The predicted octanol–water partition coefficient (Wildman–Crippen LogP) is 4.27. The van der Waals surface area contributed by atoms with Gasteiger partial charge in [0.2, 0.25) is 5.91 Å². The standard InChI is InChI=1S/C24H24N4O/c25-24(29)17-28(16-18-5-2-1-3-6-18)22-8-4-7-21(14-22)27-15-19-9-10-23-20(13-19)11-12-26-23/h1-14,26-27H,15-17H2,(H2,25,29). The van der Waals surface area contributed by atoms with Crippen LogP contribution < -0.4 is 16.0 Å². The van der Waals surface area contributed by atoms with Crippen molar-refractivity contribution in [2.24, 2.45) is 5.73 Å². The number of fused-ring (bicyclic) bond motifs is 1. The number of carbonyl (C=O) groups excluding carboxylic acids is 1. The molecule has 0 spiro atoms. The summed E-state index contributed by atoms with van der Waals surface area (Å²) >= 11 is 0. The van der Waals surface area contributed by atoms with Gasteiger partial charge in [0.05, 0.1) is 6.54 Å². The van der Waals surface area contributed by atoms with Gasteiger partial charge in [-0.3, -0.25) is 4.79 Å². The lowest BCUT2D eigenvalue weighted by Crippen LogP contribution is -2.33. The van der Waals surface area contributed by atoms with E-state index in [-0.39, 0.29) is 12.5 Å². The molecule has 0 radical (unpaired) electrons. The first-order valence-electron chi connectivity index (χ1n) is 9.64. The van der Waals surface area contributed by atoms with Crippen LogP contribution >= 0.6 is 0 Å². The lowest BCUT2D eigenvalue weighted by atomic mass is 10.1. The number of rotatable bonds is 8. The summed E-state index contributed by atoms with van der Waals surface area (Å²) in [6.07, 6.45) is 1.95. The van der Waals surface area contributed by atoms with Gasteiger partial charge in [-0.25, -0.2) is 0 Å². The van der Waals surface area contributed by atoms with Crippen molar-refractivity contribution in [1.29, 1.82) is 0 Å². The van der Waals surface area contributed by atoms with Gasteiger partial charge in [-0.2, -0.15) is 0 Å². The number of anilines is 2. The van der Waals surface area contributed by atoms with E-state index in [1.54, 1.807) is 0 Å². The van der Waals surface area contributed by atoms with Crippen LogP contribution in [0.1, 0.15) is 11.1 Å². The van der Waals surface area contributed by atoms with Crippen LogP contribution in [-0.2, 0) is 17.9 Å². The van der Waals surface area contributed by atoms with Gasteiger partial charge in [-0.15, -0.1) is 0 Å². The summed E-state index contributed by atoms with van der Waals surface area (Å²) in [5, 5.41) is 4.68. The van der Waals surface area contributed by atoms with Gasteiger partial charge in [0.15, 0.2) is 0 Å². The average Bonchev–Trinajstić information content (AvgIpc) is 3.20. The molecule has 3 aromatic carbocycles. The first kappa shape index (κ1) is 18.6. The highest BCUT2D eigenvalue weighted by molar-refractivity contribution is 5.80. The van der Waals surface area contributed by atoms with Crippen LogP contribution in [0, 0.1) is 0 Å². The Kier molecular flexibility index (Phi) is 5.47. The molecule has 0 bridgehead atoms. The highest BCUT2D eigenvalue weighted by Gasteiger charge is 2.11. The van der Waals surface area contributed by atoms with E-state index in [0.29, 0.717) is 6.54 Å². The Morgan fingerprint density at radius 3 is 2.62 bits per heavy atom. The number of nitrogens with two attached hydrogens (primary N) is 1. The Hall–Kier alpha value is -3.73. The van der Waals surface area contributed by atoms with Crippen molar-refractivity contribution in [3.05, 3.63) is 96.2 Å². The van der Waals surface area contributed by atoms with E-state index in [4.69, 9.17) is 5.73 Å². The van der Waals surface area contributed by atoms with Crippen molar-refractivity contribution < 1.29 is 4.79 Å². The van der Waals surface area contributed by atoms with Crippen molar-refractivity contribution >= 4 is 28.2 Å². The quantitative estimate of drug-likeness (QED) is 0.425. The Balaban J connectivity index is 1.49. The Morgan fingerprint density at radius 1 is 0.931 bits per heavy atom. The van der Waals surface area contributed by atoms with Gasteiger partial charge < -0.3 is 20.9 Å². The molecule has 0 aliphatic carbocycles. The van der Waals surface area contributed by atoms with Crippen molar-refractivity contribution in [1.82, 2.24) is 4.98 Å². The molecule has 0 fully saturated rings. The molecule has 0 unspecified atom stereocenters. The Morgan fingerprint density at radius 2 is 1.79 bits per heavy atom. The van der Waals surface area contributed by atoms with E-state index >= 15 is 0 Å². The number of nitrogens with zero attached hydrogens (tertiary/aromatic N) is 1. The number of amides is 1. The van der Waals surface area contributed by atoms with Crippen LogP contribution in [-0.4, -0.2) is 17.4 Å². The first-order valence-corrected chi connectivity index (χ1v) is 9.64. The molecule has 1 aromatic heterocycles. The molecule has 0 atom stereocenters. The molecule has 4 aromatic rings. The Labute approximate surface area is 170 Å². The third-order valence-corrected chi connectivity index (χ3v) is 4.89. The second-order valence-electron chi connectivity index (χ2n) is 7.11. The number of primary amides is 1. The van der Waals surface area contributed by atoms with Gasteiger partial charge in [0.25, 0.3) is 0 Å². The van der Waals surface area contributed by atoms with E-state index in [9.17, 15) is 4.79 Å². The van der Waals surface area contributed by atoms with Crippen molar-refractivity contribution in [2.45, 2.75) is 13.1 Å².